The van der Waals surface area contributed by atoms with Crippen molar-refractivity contribution in [1.29, 1.82) is 0 Å². The zero-order chi connectivity index (χ0) is 18.0. The molecule has 0 radical (unpaired) electrons. The molecular formula is C17H12ClF3N4. The van der Waals surface area contributed by atoms with E-state index >= 15 is 0 Å². The Morgan fingerprint density at radius 3 is 2.56 bits per heavy atom. The molecule has 0 atom stereocenters. The predicted molar refractivity (Wildman–Crippen MR) is 89.7 cm³/mol. The van der Waals surface area contributed by atoms with Crippen molar-refractivity contribution in [2.75, 3.05) is 5.32 Å². The summed E-state index contributed by atoms with van der Waals surface area (Å²) in [6.45, 7) is 1.88. The first-order valence-corrected chi connectivity index (χ1v) is 7.59. The van der Waals surface area contributed by atoms with Crippen molar-refractivity contribution in [1.82, 2.24) is 15.0 Å². The number of rotatable bonds is 3. The van der Waals surface area contributed by atoms with Crippen molar-refractivity contribution in [3.05, 3.63) is 65.2 Å². The van der Waals surface area contributed by atoms with Gasteiger partial charge in [0, 0.05) is 23.6 Å². The number of aryl methyl sites for hydroxylation is 1. The molecule has 0 aliphatic heterocycles. The molecule has 2 heterocycles. The van der Waals surface area contributed by atoms with E-state index in [1.165, 1.54) is 0 Å². The van der Waals surface area contributed by atoms with E-state index in [0.717, 1.165) is 22.9 Å². The van der Waals surface area contributed by atoms with Crippen LogP contribution in [-0.4, -0.2) is 15.0 Å². The van der Waals surface area contributed by atoms with Gasteiger partial charge >= 0.3 is 6.18 Å². The summed E-state index contributed by atoms with van der Waals surface area (Å²) in [6.07, 6.45) is -0.348. The van der Waals surface area contributed by atoms with Crippen LogP contribution in [0.25, 0.3) is 11.1 Å². The topological polar surface area (TPSA) is 50.7 Å². The van der Waals surface area contributed by atoms with Crippen LogP contribution >= 0.6 is 11.6 Å². The average molecular weight is 365 g/mol. The molecule has 3 rings (SSSR count). The SMILES string of the molecule is Cc1cc(Nc2ncc(Cl)c(C(F)(F)F)n2)cc(-c2cccnc2)c1. The lowest BCUT2D eigenvalue weighted by molar-refractivity contribution is -0.141. The van der Waals surface area contributed by atoms with E-state index in [-0.39, 0.29) is 5.95 Å². The molecule has 0 fully saturated rings. The number of alkyl halides is 3. The molecule has 8 heteroatoms. The highest BCUT2D eigenvalue weighted by atomic mass is 35.5. The molecule has 3 aromatic rings. The lowest BCUT2D eigenvalue weighted by Gasteiger charge is -2.12. The molecule has 0 amide bonds. The minimum atomic E-state index is -4.65. The smallest absolute Gasteiger partial charge is 0.324 e. The molecule has 2 aromatic heterocycles. The van der Waals surface area contributed by atoms with Gasteiger partial charge in [-0.1, -0.05) is 23.7 Å². The van der Waals surface area contributed by atoms with Crippen molar-refractivity contribution >= 4 is 23.2 Å². The summed E-state index contributed by atoms with van der Waals surface area (Å²) in [5, 5.41) is 2.25. The monoisotopic (exact) mass is 364 g/mol. The van der Waals surface area contributed by atoms with Crippen molar-refractivity contribution in [2.24, 2.45) is 0 Å². The summed E-state index contributed by atoms with van der Waals surface area (Å²) < 4.78 is 38.7. The molecule has 128 valence electrons. The minimum absolute atomic E-state index is 0.181. The van der Waals surface area contributed by atoms with Crippen LogP contribution in [0.15, 0.2) is 48.9 Å². The number of pyridine rings is 1. The van der Waals surface area contributed by atoms with E-state index in [2.05, 4.69) is 20.3 Å². The highest BCUT2D eigenvalue weighted by Gasteiger charge is 2.35. The van der Waals surface area contributed by atoms with Crippen molar-refractivity contribution in [3.8, 4) is 11.1 Å². The van der Waals surface area contributed by atoms with E-state index < -0.39 is 16.9 Å². The van der Waals surface area contributed by atoms with Gasteiger partial charge in [0.1, 0.15) is 0 Å². The van der Waals surface area contributed by atoms with Crippen molar-refractivity contribution in [3.63, 3.8) is 0 Å². The maximum Gasteiger partial charge on any atom is 0.435 e. The van der Waals surface area contributed by atoms with E-state index in [1.807, 2.05) is 25.1 Å². The van der Waals surface area contributed by atoms with Crippen molar-refractivity contribution in [2.45, 2.75) is 13.1 Å². The number of nitrogens with one attached hydrogen (secondary N) is 1. The molecule has 0 bridgehead atoms. The van der Waals surface area contributed by atoms with Gasteiger partial charge in [-0.15, -0.1) is 0 Å². The Morgan fingerprint density at radius 2 is 1.88 bits per heavy atom. The fourth-order valence-corrected chi connectivity index (χ4v) is 2.51. The zero-order valence-electron chi connectivity index (χ0n) is 13.0. The van der Waals surface area contributed by atoms with Gasteiger partial charge in [0.05, 0.1) is 11.2 Å². The molecule has 4 nitrogen and oxygen atoms in total. The summed E-state index contributed by atoms with van der Waals surface area (Å²) in [5.74, 6) is -0.181. The van der Waals surface area contributed by atoms with Gasteiger partial charge in [-0.05, 0) is 36.2 Å². The number of nitrogens with zero attached hydrogens (tertiary/aromatic N) is 3. The van der Waals surface area contributed by atoms with E-state index in [4.69, 9.17) is 11.6 Å². The quantitative estimate of drug-likeness (QED) is 0.688. The second-order valence-electron chi connectivity index (χ2n) is 5.34. The summed E-state index contributed by atoms with van der Waals surface area (Å²) in [7, 11) is 0. The van der Waals surface area contributed by atoms with Gasteiger partial charge in [0.2, 0.25) is 5.95 Å². The van der Waals surface area contributed by atoms with Gasteiger partial charge in [0.15, 0.2) is 5.69 Å². The third-order valence-electron chi connectivity index (χ3n) is 3.34. The third kappa shape index (κ3) is 4.06. The van der Waals surface area contributed by atoms with Crippen LogP contribution in [0, 0.1) is 6.92 Å². The molecule has 0 aliphatic carbocycles. The number of benzene rings is 1. The maximum absolute atomic E-state index is 12.9. The maximum atomic E-state index is 12.9. The van der Waals surface area contributed by atoms with Crippen LogP contribution in [0.4, 0.5) is 24.8 Å². The van der Waals surface area contributed by atoms with E-state index in [1.54, 1.807) is 24.5 Å². The number of halogens is 4. The van der Waals surface area contributed by atoms with Crippen LogP contribution in [0.3, 0.4) is 0 Å². The Morgan fingerprint density at radius 1 is 1.08 bits per heavy atom. The minimum Gasteiger partial charge on any atom is -0.324 e. The Labute approximate surface area is 146 Å². The lowest BCUT2D eigenvalue weighted by Crippen LogP contribution is -2.11. The fourth-order valence-electron chi connectivity index (χ4n) is 2.31. The van der Waals surface area contributed by atoms with Crippen LogP contribution in [0.2, 0.25) is 5.02 Å². The summed E-state index contributed by atoms with van der Waals surface area (Å²) >= 11 is 5.53. The van der Waals surface area contributed by atoms with Crippen LogP contribution < -0.4 is 5.32 Å². The van der Waals surface area contributed by atoms with Gasteiger partial charge in [-0.25, -0.2) is 9.97 Å². The third-order valence-corrected chi connectivity index (χ3v) is 3.62. The van der Waals surface area contributed by atoms with Gasteiger partial charge in [-0.2, -0.15) is 13.2 Å². The van der Waals surface area contributed by atoms with Gasteiger partial charge in [0.25, 0.3) is 0 Å². The molecular weight excluding hydrogens is 353 g/mol. The standard InChI is InChI=1S/C17H12ClF3N4/c1-10-5-12(11-3-2-4-22-8-11)7-13(6-10)24-16-23-9-14(18)15(25-16)17(19,20)21/h2-9H,1H3,(H,23,24,25). The summed E-state index contributed by atoms with van der Waals surface area (Å²) in [5.41, 5.74) is 2.08. The molecule has 1 aromatic carbocycles. The fraction of sp³-hybridized carbons (Fsp3) is 0.118. The normalized spacial score (nSPS) is 11.4. The number of anilines is 2. The Kier molecular flexibility index (Phi) is 4.59. The molecule has 1 N–H and O–H groups in total. The first-order valence-electron chi connectivity index (χ1n) is 7.22. The molecule has 0 aliphatic rings. The Balaban J connectivity index is 1.95. The molecule has 0 saturated carbocycles. The Bertz CT molecular complexity index is 898. The first kappa shape index (κ1) is 17.2. The largest absolute Gasteiger partial charge is 0.435 e. The molecule has 25 heavy (non-hydrogen) atoms. The highest BCUT2D eigenvalue weighted by Crippen LogP contribution is 2.33. The average Bonchev–Trinajstić information content (AvgIpc) is 2.56. The lowest BCUT2D eigenvalue weighted by atomic mass is 10.0. The first-order chi connectivity index (χ1) is 11.8. The van der Waals surface area contributed by atoms with Crippen molar-refractivity contribution < 1.29 is 13.2 Å². The van der Waals surface area contributed by atoms with E-state index in [9.17, 15) is 13.2 Å². The van der Waals surface area contributed by atoms with Gasteiger partial charge < -0.3 is 5.32 Å². The van der Waals surface area contributed by atoms with Crippen LogP contribution in [0.1, 0.15) is 11.3 Å². The predicted octanol–water partition coefficient (Wildman–Crippen LogP) is 5.26. The van der Waals surface area contributed by atoms with Gasteiger partial charge in [-0.3, -0.25) is 4.98 Å². The molecule has 0 saturated heterocycles. The molecule has 0 spiro atoms. The number of hydrogen-bond acceptors (Lipinski definition) is 4. The number of aromatic nitrogens is 3. The van der Waals surface area contributed by atoms with Crippen LogP contribution in [-0.2, 0) is 6.18 Å². The van der Waals surface area contributed by atoms with E-state index in [0.29, 0.717) is 5.69 Å². The number of hydrogen-bond donors (Lipinski definition) is 1. The Hall–Kier alpha value is -2.67. The second-order valence-corrected chi connectivity index (χ2v) is 5.75. The van der Waals surface area contributed by atoms with Crippen LogP contribution in [0.5, 0.6) is 0 Å². The summed E-state index contributed by atoms with van der Waals surface area (Å²) in [6, 6.07) is 9.22. The molecule has 0 unspecified atom stereocenters. The second kappa shape index (κ2) is 6.68. The highest BCUT2D eigenvalue weighted by molar-refractivity contribution is 6.31. The summed E-state index contributed by atoms with van der Waals surface area (Å²) in [4.78, 5) is 11.4. The zero-order valence-corrected chi connectivity index (χ0v) is 13.7.